The lowest BCUT2D eigenvalue weighted by Crippen LogP contribution is -2.31. The highest BCUT2D eigenvalue weighted by Gasteiger charge is 2.32. The Labute approximate surface area is 219 Å². The van der Waals surface area contributed by atoms with Crippen molar-refractivity contribution < 1.29 is 19.4 Å². The van der Waals surface area contributed by atoms with Crippen LogP contribution in [-0.2, 0) is 16.8 Å². The Morgan fingerprint density at radius 2 is 1.92 bits per heavy atom. The van der Waals surface area contributed by atoms with E-state index in [1.54, 1.807) is 4.90 Å². The number of Topliss-reactive ketones (excluding diaryl/α,β-unsaturated/α-hetero) is 1. The van der Waals surface area contributed by atoms with Crippen molar-refractivity contribution in [2.45, 2.75) is 70.8 Å². The molecule has 1 aliphatic heterocycles. The lowest BCUT2D eigenvalue weighted by Gasteiger charge is -2.28. The standard InChI is InChI=1S/C29H38N4O4/c1-29(2,3)21-14-20(15-23(32(4)5)27(21)37-13-7-6-8-25(35)36)24(34)17-33-16-19-11-12-22(18-9-10-18)31-26(19)28(33)30/h11-12,14-15,18,30H,6-10,13,16-17H2,1-5H3,(H,35,36). The Balaban J connectivity index is 1.54. The zero-order chi connectivity index (χ0) is 26.9. The van der Waals surface area contributed by atoms with Gasteiger partial charge >= 0.3 is 5.97 Å². The molecule has 0 unspecified atom stereocenters. The fourth-order valence-electron chi connectivity index (χ4n) is 4.64. The number of carboxylic acid groups (broad SMARTS) is 1. The molecule has 1 saturated carbocycles. The Hall–Kier alpha value is -3.42. The van der Waals surface area contributed by atoms with E-state index in [0.717, 1.165) is 41.1 Å². The van der Waals surface area contributed by atoms with Crippen LogP contribution in [0, 0.1) is 5.41 Å². The quantitative estimate of drug-likeness (QED) is 0.327. The van der Waals surface area contributed by atoms with Crippen molar-refractivity contribution in [3.05, 3.63) is 52.3 Å². The van der Waals surface area contributed by atoms with E-state index in [1.165, 1.54) is 0 Å². The van der Waals surface area contributed by atoms with Gasteiger partial charge < -0.3 is 19.6 Å². The van der Waals surface area contributed by atoms with Gasteiger partial charge in [-0.3, -0.25) is 15.0 Å². The number of amidine groups is 1. The molecule has 1 aromatic heterocycles. The van der Waals surface area contributed by atoms with Crippen molar-refractivity contribution in [2.75, 3.05) is 32.1 Å². The molecule has 8 heteroatoms. The SMILES string of the molecule is CN(C)c1cc(C(=O)CN2Cc3ccc(C4CC4)nc3C2=N)cc(C(C)(C)C)c1OCCCCC(=O)O. The number of hydrogen-bond donors (Lipinski definition) is 2. The van der Waals surface area contributed by atoms with Crippen LogP contribution in [0.15, 0.2) is 24.3 Å². The van der Waals surface area contributed by atoms with Crippen LogP contribution in [0.2, 0.25) is 0 Å². The monoisotopic (exact) mass is 506 g/mol. The summed E-state index contributed by atoms with van der Waals surface area (Å²) in [5.41, 5.74) is 4.80. The maximum atomic E-state index is 13.5. The number of rotatable bonds is 11. The second-order valence-corrected chi connectivity index (χ2v) is 11.4. The normalized spacial score (nSPS) is 15.1. The van der Waals surface area contributed by atoms with Gasteiger partial charge in [-0.1, -0.05) is 26.8 Å². The highest BCUT2D eigenvalue weighted by Crippen LogP contribution is 2.41. The first-order valence-electron chi connectivity index (χ1n) is 13.0. The zero-order valence-corrected chi connectivity index (χ0v) is 22.6. The molecule has 37 heavy (non-hydrogen) atoms. The van der Waals surface area contributed by atoms with E-state index in [4.69, 9.17) is 20.2 Å². The summed E-state index contributed by atoms with van der Waals surface area (Å²) < 4.78 is 6.20. The van der Waals surface area contributed by atoms with Crippen LogP contribution in [0.4, 0.5) is 5.69 Å². The fourth-order valence-corrected chi connectivity index (χ4v) is 4.64. The van der Waals surface area contributed by atoms with E-state index in [2.05, 4.69) is 32.9 Å². The molecule has 2 heterocycles. The van der Waals surface area contributed by atoms with E-state index in [-0.39, 0.29) is 24.2 Å². The van der Waals surface area contributed by atoms with Crippen LogP contribution in [0.25, 0.3) is 0 Å². The van der Waals surface area contributed by atoms with Crippen molar-refractivity contribution in [1.82, 2.24) is 9.88 Å². The lowest BCUT2D eigenvalue weighted by molar-refractivity contribution is -0.137. The van der Waals surface area contributed by atoms with Crippen molar-refractivity contribution in [3.63, 3.8) is 0 Å². The molecule has 8 nitrogen and oxygen atoms in total. The summed E-state index contributed by atoms with van der Waals surface area (Å²) in [6.45, 7) is 7.29. The van der Waals surface area contributed by atoms with Gasteiger partial charge in [-0.2, -0.15) is 0 Å². The maximum Gasteiger partial charge on any atom is 0.303 e. The number of unbranched alkanes of at least 4 members (excludes halogenated alkanes) is 1. The molecule has 1 fully saturated rings. The summed E-state index contributed by atoms with van der Waals surface area (Å²) >= 11 is 0. The molecule has 0 bridgehead atoms. The predicted molar refractivity (Wildman–Crippen MR) is 144 cm³/mol. The Kier molecular flexibility index (Phi) is 7.57. The van der Waals surface area contributed by atoms with Gasteiger partial charge in [0.15, 0.2) is 5.78 Å². The number of fused-ring (bicyclic) bond motifs is 1. The van der Waals surface area contributed by atoms with Crippen molar-refractivity contribution in [3.8, 4) is 5.75 Å². The average molecular weight is 507 g/mol. The van der Waals surface area contributed by atoms with Crippen LogP contribution in [0.5, 0.6) is 5.75 Å². The minimum absolute atomic E-state index is 0.0541. The summed E-state index contributed by atoms with van der Waals surface area (Å²) in [6, 6.07) is 7.90. The summed E-state index contributed by atoms with van der Waals surface area (Å²) in [5.74, 6) is 0.702. The van der Waals surface area contributed by atoms with E-state index >= 15 is 0 Å². The number of ether oxygens (including phenoxy) is 1. The number of aromatic nitrogens is 1. The number of carboxylic acids is 1. The number of carbonyl (C=O) groups is 2. The topological polar surface area (TPSA) is 107 Å². The molecule has 1 aromatic carbocycles. The highest BCUT2D eigenvalue weighted by molar-refractivity contribution is 6.05. The van der Waals surface area contributed by atoms with Gasteiger partial charge in [-0.25, -0.2) is 4.98 Å². The van der Waals surface area contributed by atoms with Crippen LogP contribution >= 0.6 is 0 Å². The van der Waals surface area contributed by atoms with Crippen molar-refractivity contribution in [1.29, 1.82) is 5.41 Å². The van der Waals surface area contributed by atoms with Crippen LogP contribution in [-0.4, -0.2) is 59.8 Å². The van der Waals surface area contributed by atoms with E-state index in [1.807, 2.05) is 31.1 Å². The summed E-state index contributed by atoms with van der Waals surface area (Å²) in [5, 5.41) is 17.6. The largest absolute Gasteiger partial charge is 0.491 e. The number of carbonyl (C=O) groups excluding carboxylic acids is 1. The van der Waals surface area contributed by atoms with Crippen LogP contribution in [0.1, 0.15) is 91.7 Å². The molecule has 1 aliphatic carbocycles. The second-order valence-electron chi connectivity index (χ2n) is 11.4. The first-order valence-corrected chi connectivity index (χ1v) is 13.0. The summed E-state index contributed by atoms with van der Waals surface area (Å²) in [6.07, 6.45) is 3.63. The fraction of sp³-hybridized carbons (Fsp3) is 0.517. The van der Waals surface area contributed by atoms with Gasteiger partial charge in [-0.15, -0.1) is 0 Å². The van der Waals surface area contributed by atoms with Crippen molar-refractivity contribution in [2.24, 2.45) is 0 Å². The van der Waals surface area contributed by atoms with E-state index in [9.17, 15) is 9.59 Å². The molecule has 4 rings (SSSR count). The van der Waals surface area contributed by atoms with Gasteiger partial charge in [-0.05, 0) is 49.3 Å². The third kappa shape index (κ3) is 6.12. The number of aliphatic carboxylic acids is 1. The van der Waals surface area contributed by atoms with Crippen LogP contribution in [0.3, 0.4) is 0 Å². The molecule has 2 aromatic rings. The molecule has 2 aliphatic rings. The van der Waals surface area contributed by atoms with Crippen LogP contribution < -0.4 is 9.64 Å². The Bertz CT molecular complexity index is 1210. The molecule has 0 atom stereocenters. The first-order chi connectivity index (χ1) is 17.5. The van der Waals surface area contributed by atoms with E-state index in [0.29, 0.717) is 49.0 Å². The number of hydrogen-bond acceptors (Lipinski definition) is 6. The number of nitrogens with zero attached hydrogens (tertiary/aromatic N) is 3. The molecule has 2 N–H and O–H groups in total. The molecule has 0 spiro atoms. The Morgan fingerprint density at radius 1 is 1.19 bits per heavy atom. The Morgan fingerprint density at radius 3 is 2.54 bits per heavy atom. The van der Waals surface area contributed by atoms with E-state index < -0.39 is 5.97 Å². The minimum Gasteiger partial charge on any atom is -0.491 e. The molecule has 0 amide bonds. The lowest BCUT2D eigenvalue weighted by atomic mass is 9.84. The molecular weight excluding hydrogens is 468 g/mol. The smallest absolute Gasteiger partial charge is 0.303 e. The maximum absolute atomic E-state index is 13.5. The number of nitrogens with one attached hydrogen (secondary N) is 1. The number of anilines is 1. The summed E-state index contributed by atoms with van der Waals surface area (Å²) in [4.78, 5) is 32.8. The summed E-state index contributed by atoms with van der Waals surface area (Å²) in [7, 11) is 3.84. The second kappa shape index (κ2) is 10.5. The number of ketones is 1. The third-order valence-corrected chi connectivity index (χ3v) is 6.94. The molecule has 198 valence electrons. The average Bonchev–Trinajstić information content (AvgIpc) is 3.63. The van der Waals surface area contributed by atoms with Gasteiger partial charge in [0.05, 0.1) is 18.8 Å². The number of benzene rings is 1. The third-order valence-electron chi connectivity index (χ3n) is 6.94. The minimum atomic E-state index is -0.805. The highest BCUT2D eigenvalue weighted by atomic mass is 16.5. The number of pyridine rings is 1. The molecular formula is C29H38N4O4. The van der Waals surface area contributed by atoms with Gasteiger partial charge in [0.2, 0.25) is 0 Å². The first kappa shape index (κ1) is 26.6. The van der Waals surface area contributed by atoms with Gasteiger partial charge in [0.25, 0.3) is 0 Å². The van der Waals surface area contributed by atoms with Gasteiger partial charge in [0, 0.05) is 55.4 Å². The molecule has 0 radical (unpaired) electrons. The van der Waals surface area contributed by atoms with Crippen molar-refractivity contribution >= 4 is 23.3 Å². The zero-order valence-electron chi connectivity index (χ0n) is 22.6. The predicted octanol–water partition coefficient (Wildman–Crippen LogP) is 4.98. The van der Waals surface area contributed by atoms with Gasteiger partial charge in [0.1, 0.15) is 17.3 Å². The molecule has 0 saturated heterocycles.